The summed E-state index contributed by atoms with van der Waals surface area (Å²) in [6.07, 6.45) is 0. The van der Waals surface area contributed by atoms with E-state index in [-0.39, 0.29) is 11.3 Å². The fraction of sp³-hybridized carbons (Fsp3) is 0.636. The predicted octanol–water partition coefficient (Wildman–Crippen LogP) is 1.46. The summed E-state index contributed by atoms with van der Waals surface area (Å²) in [5.41, 5.74) is 2.24. The van der Waals surface area contributed by atoms with Crippen LogP contribution in [0.25, 0.3) is 0 Å². The van der Waals surface area contributed by atoms with Crippen molar-refractivity contribution in [2.45, 2.75) is 13.8 Å². The number of rotatable bonds is 5. The van der Waals surface area contributed by atoms with E-state index in [1.807, 2.05) is 14.1 Å². The van der Waals surface area contributed by atoms with Gasteiger partial charge in [-0.15, -0.1) is 11.3 Å². The lowest BCUT2D eigenvalue weighted by Crippen LogP contribution is -2.40. The van der Waals surface area contributed by atoms with E-state index in [9.17, 15) is 4.79 Å². The van der Waals surface area contributed by atoms with Gasteiger partial charge in [-0.2, -0.15) is 0 Å². The van der Waals surface area contributed by atoms with Crippen molar-refractivity contribution in [3.63, 3.8) is 0 Å². The zero-order chi connectivity index (χ0) is 12.2. The zero-order valence-corrected chi connectivity index (χ0v) is 11.1. The minimum Gasteiger partial charge on any atom is -0.350 e. The van der Waals surface area contributed by atoms with E-state index in [0.29, 0.717) is 12.2 Å². The number of amides is 1. The molecule has 0 aliphatic carbocycles. The molecule has 0 aliphatic rings. The standard InChI is InChI=1S/C11H19N3OS/c1-11(2,7-14(3)4)6-12-10(15)9-5-16-8-13-9/h5,8H,6-7H2,1-4H3,(H,12,15). The van der Waals surface area contributed by atoms with Gasteiger partial charge in [0, 0.05) is 18.5 Å². The highest BCUT2D eigenvalue weighted by Crippen LogP contribution is 2.14. The Kier molecular flexibility index (Phi) is 4.44. The smallest absolute Gasteiger partial charge is 0.270 e. The lowest BCUT2D eigenvalue weighted by atomic mass is 9.93. The lowest BCUT2D eigenvalue weighted by Gasteiger charge is -2.28. The summed E-state index contributed by atoms with van der Waals surface area (Å²) in [6.45, 7) is 5.86. The Hall–Kier alpha value is -0.940. The largest absolute Gasteiger partial charge is 0.350 e. The van der Waals surface area contributed by atoms with Crippen LogP contribution in [-0.2, 0) is 0 Å². The second-order valence-electron chi connectivity index (χ2n) is 4.96. The zero-order valence-electron chi connectivity index (χ0n) is 10.3. The van der Waals surface area contributed by atoms with Crippen LogP contribution < -0.4 is 5.32 Å². The first-order valence-corrected chi connectivity index (χ1v) is 6.16. The van der Waals surface area contributed by atoms with Gasteiger partial charge < -0.3 is 10.2 Å². The molecule has 0 spiro atoms. The topological polar surface area (TPSA) is 45.2 Å². The Morgan fingerprint density at radius 2 is 2.25 bits per heavy atom. The van der Waals surface area contributed by atoms with Crippen molar-refractivity contribution in [3.8, 4) is 0 Å². The number of nitrogens with zero attached hydrogens (tertiary/aromatic N) is 2. The molecule has 0 saturated heterocycles. The maximum absolute atomic E-state index is 11.7. The molecule has 1 aromatic heterocycles. The summed E-state index contributed by atoms with van der Waals surface area (Å²) in [6, 6.07) is 0. The normalized spacial score (nSPS) is 11.8. The molecule has 4 nitrogen and oxygen atoms in total. The molecule has 5 heteroatoms. The molecule has 1 amide bonds. The molecule has 1 aromatic rings. The molecule has 0 bridgehead atoms. The average molecular weight is 241 g/mol. The Morgan fingerprint density at radius 1 is 1.56 bits per heavy atom. The van der Waals surface area contributed by atoms with Gasteiger partial charge in [0.15, 0.2) is 0 Å². The Morgan fingerprint density at radius 3 is 2.75 bits per heavy atom. The minimum atomic E-state index is -0.0897. The average Bonchev–Trinajstić information content (AvgIpc) is 2.64. The molecule has 0 unspecified atom stereocenters. The van der Waals surface area contributed by atoms with Gasteiger partial charge >= 0.3 is 0 Å². The van der Waals surface area contributed by atoms with Gasteiger partial charge in [0.25, 0.3) is 5.91 Å². The van der Waals surface area contributed by atoms with Crippen LogP contribution in [0.3, 0.4) is 0 Å². The molecular weight excluding hydrogens is 222 g/mol. The SMILES string of the molecule is CN(C)CC(C)(C)CNC(=O)c1cscn1. The molecule has 0 fully saturated rings. The van der Waals surface area contributed by atoms with Crippen molar-refractivity contribution in [2.75, 3.05) is 27.2 Å². The van der Waals surface area contributed by atoms with Crippen LogP contribution in [-0.4, -0.2) is 43.0 Å². The summed E-state index contributed by atoms with van der Waals surface area (Å²) in [7, 11) is 4.06. The summed E-state index contributed by atoms with van der Waals surface area (Å²) >= 11 is 1.43. The fourth-order valence-electron chi connectivity index (χ4n) is 1.65. The van der Waals surface area contributed by atoms with Crippen LogP contribution in [0.1, 0.15) is 24.3 Å². The maximum atomic E-state index is 11.7. The number of thiazole rings is 1. The van der Waals surface area contributed by atoms with Crippen LogP contribution >= 0.6 is 11.3 Å². The van der Waals surface area contributed by atoms with Crippen LogP contribution in [0.5, 0.6) is 0 Å². The van der Waals surface area contributed by atoms with Gasteiger partial charge in [0.2, 0.25) is 0 Å². The summed E-state index contributed by atoms with van der Waals surface area (Å²) in [4.78, 5) is 17.8. The Balaban J connectivity index is 2.42. The Bertz CT molecular complexity index is 333. The third-order valence-electron chi connectivity index (χ3n) is 2.14. The van der Waals surface area contributed by atoms with Crippen molar-refractivity contribution >= 4 is 17.2 Å². The van der Waals surface area contributed by atoms with Crippen molar-refractivity contribution in [3.05, 3.63) is 16.6 Å². The first kappa shape index (κ1) is 13.1. The van der Waals surface area contributed by atoms with Crippen LogP contribution in [0.4, 0.5) is 0 Å². The van der Waals surface area contributed by atoms with E-state index in [2.05, 4.69) is 29.0 Å². The molecule has 0 aliphatic heterocycles. The van der Waals surface area contributed by atoms with E-state index in [0.717, 1.165) is 6.54 Å². The molecule has 1 rings (SSSR count). The molecule has 1 N–H and O–H groups in total. The number of carbonyl (C=O) groups excluding carboxylic acids is 1. The monoisotopic (exact) mass is 241 g/mol. The first-order chi connectivity index (χ1) is 7.41. The summed E-state index contributed by atoms with van der Waals surface area (Å²) < 4.78 is 0. The van der Waals surface area contributed by atoms with Crippen molar-refractivity contribution in [1.29, 1.82) is 0 Å². The van der Waals surface area contributed by atoms with Gasteiger partial charge in [-0.05, 0) is 19.5 Å². The summed E-state index contributed by atoms with van der Waals surface area (Å²) in [5, 5.41) is 4.67. The van der Waals surface area contributed by atoms with Gasteiger partial charge in [-0.25, -0.2) is 4.98 Å². The molecular formula is C11H19N3OS. The molecule has 0 saturated carbocycles. The van der Waals surface area contributed by atoms with Crippen LogP contribution in [0.15, 0.2) is 10.9 Å². The van der Waals surface area contributed by atoms with Crippen molar-refractivity contribution in [2.24, 2.45) is 5.41 Å². The number of hydrogen-bond donors (Lipinski definition) is 1. The second kappa shape index (κ2) is 5.41. The van der Waals surface area contributed by atoms with Gasteiger partial charge in [0.1, 0.15) is 5.69 Å². The molecule has 90 valence electrons. The second-order valence-corrected chi connectivity index (χ2v) is 5.68. The predicted molar refractivity (Wildman–Crippen MR) is 66.8 cm³/mol. The van der Waals surface area contributed by atoms with Gasteiger partial charge in [-0.1, -0.05) is 13.8 Å². The van der Waals surface area contributed by atoms with Gasteiger partial charge in [-0.3, -0.25) is 4.79 Å². The van der Waals surface area contributed by atoms with Crippen molar-refractivity contribution in [1.82, 2.24) is 15.2 Å². The fourth-order valence-corrected chi connectivity index (χ4v) is 2.18. The number of nitrogens with one attached hydrogen (secondary N) is 1. The minimum absolute atomic E-state index is 0.0647. The highest BCUT2D eigenvalue weighted by molar-refractivity contribution is 7.07. The van der Waals surface area contributed by atoms with Crippen LogP contribution in [0.2, 0.25) is 0 Å². The first-order valence-electron chi connectivity index (χ1n) is 5.22. The molecule has 0 atom stereocenters. The number of aromatic nitrogens is 1. The third-order valence-corrected chi connectivity index (χ3v) is 2.72. The van der Waals surface area contributed by atoms with E-state index in [4.69, 9.17) is 0 Å². The van der Waals surface area contributed by atoms with Crippen molar-refractivity contribution < 1.29 is 4.79 Å². The summed E-state index contributed by atoms with van der Waals surface area (Å²) in [5.74, 6) is -0.0897. The Labute approximate surface area is 101 Å². The quantitative estimate of drug-likeness (QED) is 0.849. The third kappa shape index (κ3) is 4.28. The molecule has 0 aromatic carbocycles. The van der Waals surface area contributed by atoms with E-state index in [1.165, 1.54) is 11.3 Å². The lowest BCUT2D eigenvalue weighted by molar-refractivity contribution is 0.0925. The van der Waals surface area contributed by atoms with Gasteiger partial charge in [0.05, 0.1) is 5.51 Å². The van der Waals surface area contributed by atoms with Crippen LogP contribution in [0, 0.1) is 5.41 Å². The highest BCUT2D eigenvalue weighted by Gasteiger charge is 2.20. The highest BCUT2D eigenvalue weighted by atomic mass is 32.1. The molecule has 16 heavy (non-hydrogen) atoms. The van der Waals surface area contributed by atoms with E-state index >= 15 is 0 Å². The maximum Gasteiger partial charge on any atom is 0.270 e. The molecule has 1 heterocycles. The molecule has 0 radical (unpaired) electrons. The number of carbonyl (C=O) groups is 1. The van der Waals surface area contributed by atoms with E-state index < -0.39 is 0 Å². The van der Waals surface area contributed by atoms with E-state index in [1.54, 1.807) is 10.9 Å². The number of hydrogen-bond acceptors (Lipinski definition) is 4.